The Morgan fingerprint density at radius 2 is 1.50 bits per heavy atom. The van der Waals surface area contributed by atoms with Crippen LogP contribution >= 0.6 is 0 Å². The van der Waals surface area contributed by atoms with Gasteiger partial charge in [-0.3, -0.25) is 9.59 Å². The lowest BCUT2D eigenvalue weighted by Gasteiger charge is -2.34. The fraction of sp³-hybridized carbons (Fsp3) is 0.333. The molecule has 2 aromatic carbocycles. The van der Waals surface area contributed by atoms with E-state index in [0.717, 1.165) is 24.2 Å². The van der Waals surface area contributed by atoms with Gasteiger partial charge in [0, 0.05) is 32.1 Å². The predicted octanol–water partition coefficient (Wildman–Crippen LogP) is 3.34. The largest absolute Gasteiger partial charge is 0.434 e. The molecule has 1 saturated heterocycles. The third-order valence-electron chi connectivity index (χ3n) is 6.06. The summed E-state index contributed by atoms with van der Waals surface area (Å²) < 4.78 is 31.6. The van der Waals surface area contributed by atoms with Gasteiger partial charge in [-0.2, -0.15) is 8.78 Å². The Labute approximate surface area is 194 Å². The summed E-state index contributed by atoms with van der Waals surface area (Å²) in [5.41, 5.74) is 2.11. The first-order chi connectivity index (χ1) is 16.5. The van der Waals surface area contributed by atoms with Gasteiger partial charge in [0.05, 0.1) is 16.9 Å². The molecule has 0 spiro atoms. The molecule has 2 fully saturated rings. The summed E-state index contributed by atoms with van der Waals surface area (Å²) in [6.07, 6.45) is 1.98. The number of hydrogen-bond acceptors (Lipinski definition) is 5. The second-order valence-corrected chi connectivity index (χ2v) is 8.30. The van der Waals surface area contributed by atoms with Crippen LogP contribution in [0.25, 0.3) is 5.69 Å². The van der Waals surface area contributed by atoms with Crippen LogP contribution < -0.4 is 4.74 Å². The molecular formula is C24H23F2N5O3. The van der Waals surface area contributed by atoms with Crippen LogP contribution in [0.4, 0.5) is 8.78 Å². The third-order valence-corrected chi connectivity index (χ3v) is 6.06. The Bertz CT molecular complexity index is 1190. The average molecular weight is 467 g/mol. The number of nitrogens with zero attached hydrogens (tertiary/aromatic N) is 5. The number of benzene rings is 2. The Balaban J connectivity index is 1.29. The number of carbonyl (C=O) groups is 2. The van der Waals surface area contributed by atoms with Crippen molar-refractivity contribution in [3.8, 4) is 11.4 Å². The van der Waals surface area contributed by atoms with Gasteiger partial charge in [-0.1, -0.05) is 35.5 Å². The lowest BCUT2D eigenvalue weighted by molar-refractivity contribution is -0.0503. The zero-order valence-electron chi connectivity index (χ0n) is 18.3. The maximum Gasteiger partial charge on any atom is 0.387 e. The molecule has 10 heteroatoms. The molecule has 0 atom stereocenters. The van der Waals surface area contributed by atoms with Crippen LogP contribution in [0.2, 0.25) is 0 Å². The molecule has 0 N–H and O–H groups in total. The molecule has 1 aliphatic carbocycles. The second kappa shape index (κ2) is 9.20. The normalized spacial score (nSPS) is 16.1. The zero-order valence-corrected chi connectivity index (χ0v) is 18.3. The number of halogens is 2. The molecular weight excluding hydrogens is 444 g/mol. The van der Waals surface area contributed by atoms with Crippen molar-refractivity contribution in [3.05, 3.63) is 71.5 Å². The Kier molecular flexibility index (Phi) is 5.95. The number of hydrogen-bond donors (Lipinski definition) is 0. The molecule has 176 valence electrons. The van der Waals surface area contributed by atoms with E-state index in [1.54, 1.807) is 20.5 Å². The monoisotopic (exact) mass is 467 g/mol. The molecule has 0 bridgehead atoms. The number of rotatable bonds is 6. The first-order valence-corrected chi connectivity index (χ1v) is 11.2. The van der Waals surface area contributed by atoms with Crippen LogP contribution in [0.15, 0.2) is 54.6 Å². The number of amides is 2. The van der Waals surface area contributed by atoms with E-state index in [2.05, 4.69) is 15.0 Å². The average Bonchev–Trinajstić information content (AvgIpc) is 3.61. The van der Waals surface area contributed by atoms with E-state index < -0.39 is 12.5 Å². The zero-order chi connectivity index (χ0) is 23.7. The molecule has 8 nitrogen and oxygen atoms in total. The van der Waals surface area contributed by atoms with Gasteiger partial charge < -0.3 is 14.5 Å². The fourth-order valence-corrected chi connectivity index (χ4v) is 4.20. The fourth-order valence-electron chi connectivity index (χ4n) is 4.20. The second-order valence-electron chi connectivity index (χ2n) is 8.30. The lowest BCUT2D eigenvalue weighted by atomic mass is 10.1. The molecule has 1 aromatic heterocycles. The summed E-state index contributed by atoms with van der Waals surface area (Å²) in [6.45, 7) is -1.85. The van der Waals surface area contributed by atoms with Crippen molar-refractivity contribution in [2.24, 2.45) is 0 Å². The van der Waals surface area contributed by atoms with Crippen LogP contribution in [0.3, 0.4) is 0 Å². The Hall–Kier alpha value is -3.82. The highest BCUT2D eigenvalue weighted by atomic mass is 19.3. The molecule has 1 saturated carbocycles. The SMILES string of the molecule is O=C(c1ccccc1OC(F)F)N1CCN(C(=O)c2nnn(-c3ccccc3)c2C2CC2)CC1. The van der Waals surface area contributed by atoms with Crippen molar-refractivity contribution in [2.75, 3.05) is 26.2 Å². The molecule has 0 radical (unpaired) electrons. The minimum Gasteiger partial charge on any atom is -0.434 e. The smallest absolute Gasteiger partial charge is 0.387 e. The topological polar surface area (TPSA) is 80.6 Å². The van der Waals surface area contributed by atoms with Crippen LogP contribution in [-0.2, 0) is 0 Å². The predicted molar refractivity (Wildman–Crippen MR) is 118 cm³/mol. The molecule has 0 unspecified atom stereocenters. The summed E-state index contributed by atoms with van der Waals surface area (Å²) >= 11 is 0. The van der Waals surface area contributed by atoms with Crippen LogP contribution in [-0.4, -0.2) is 69.4 Å². The van der Waals surface area contributed by atoms with Crippen LogP contribution in [0.5, 0.6) is 5.75 Å². The van der Waals surface area contributed by atoms with Gasteiger partial charge in [-0.25, -0.2) is 4.68 Å². The van der Waals surface area contributed by atoms with Crippen molar-refractivity contribution in [1.82, 2.24) is 24.8 Å². The van der Waals surface area contributed by atoms with Crippen molar-refractivity contribution >= 4 is 11.8 Å². The number of piperazine rings is 1. The number of para-hydroxylation sites is 2. The van der Waals surface area contributed by atoms with Crippen molar-refractivity contribution in [1.29, 1.82) is 0 Å². The number of alkyl halides is 2. The van der Waals surface area contributed by atoms with Gasteiger partial charge in [0.2, 0.25) is 0 Å². The minimum atomic E-state index is -3.02. The first-order valence-electron chi connectivity index (χ1n) is 11.2. The van der Waals surface area contributed by atoms with E-state index in [9.17, 15) is 18.4 Å². The lowest BCUT2D eigenvalue weighted by Crippen LogP contribution is -2.50. The van der Waals surface area contributed by atoms with E-state index >= 15 is 0 Å². The summed E-state index contributed by atoms with van der Waals surface area (Å²) in [5, 5.41) is 8.48. The molecule has 34 heavy (non-hydrogen) atoms. The number of ether oxygens (including phenoxy) is 1. The van der Waals surface area contributed by atoms with Gasteiger partial charge in [0.25, 0.3) is 11.8 Å². The van der Waals surface area contributed by atoms with Gasteiger partial charge >= 0.3 is 6.61 Å². The van der Waals surface area contributed by atoms with Crippen molar-refractivity contribution in [2.45, 2.75) is 25.4 Å². The van der Waals surface area contributed by atoms with Crippen LogP contribution in [0.1, 0.15) is 45.3 Å². The van der Waals surface area contributed by atoms with Gasteiger partial charge in [0.15, 0.2) is 5.69 Å². The maximum absolute atomic E-state index is 13.3. The molecule has 1 aliphatic heterocycles. The number of aromatic nitrogens is 3. The molecule has 2 heterocycles. The van der Waals surface area contributed by atoms with Gasteiger partial charge in [-0.05, 0) is 37.1 Å². The number of carbonyl (C=O) groups excluding carboxylic acids is 2. The molecule has 2 amide bonds. The first kappa shape index (κ1) is 22.0. The highest BCUT2D eigenvalue weighted by molar-refractivity contribution is 5.97. The van der Waals surface area contributed by atoms with E-state index in [1.165, 1.54) is 18.2 Å². The van der Waals surface area contributed by atoms with Gasteiger partial charge in [0.1, 0.15) is 5.75 Å². The molecule has 3 aromatic rings. The third kappa shape index (κ3) is 4.35. The maximum atomic E-state index is 13.3. The van der Waals surface area contributed by atoms with E-state index in [1.807, 2.05) is 30.3 Å². The van der Waals surface area contributed by atoms with Gasteiger partial charge in [-0.15, -0.1) is 5.10 Å². The quantitative estimate of drug-likeness (QED) is 0.556. The summed E-state index contributed by atoms with van der Waals surface area (Å²) in [6, 6.07) is 15.5. The summed E-state index contributed by atoms with van der Waals surface area (Å²) in [5.74, 6) is -0.523. The highest BCUT2D eigenvalue weighted by Gasteiger charge is 2.36. The highest BCUT2D eigenvalue weighted by Crippen LogP contribution is 2.42. The summed E-state index contributed by atoms with van der Waals surface area (Å²) in [7, 11) is 0. The Morgan fingerprint density at radius 1 is 0.882 bits per heavy atom. The standard InChI is InChI=1S/C24H23F2N5O3/c25-24(26)34-19-9-5-4-8-18(19)22(32)29-12-14-30(15-13-29)23(33)20-21(16-10-11-16)31(28-27-20)17-6-2-1-3-7-17/h1-9,16,24H,10-15H2. The minimum absolute atomic E-state index is 0.0735. The molecule has 5 rings (SSSR count). The van der Waals surface area contributed by atoms with Crippen LogP contribution in [0, 0.1) is 0 Å². The van der Waals surface area contributed by atoms with E-state index in [4.69, 9.17) is 0 Å². The van der Waals surface area contributed by atoms with Crippen molar-refractivity contribution in [3.63, 3.8) is 0 Å². The van der Waals surface area contributed by atoms with Crippen molar-refractivity contribution < 1.29 is 23.1 Å². The molecule has 2 aliphatic rings. The summed E-state index contributed by atoms with van der Waals surface area (Å²) in [4.78, 5) is 29.5. The Morgan fingerprint density at radius 3 is 2.15 bits per heavy atom. The van der Waals surface area contributed by atoms with E-state index in [-0.39, 0.29) is 36.2 Å². The van der Waals surface area contributed by atoms with E-state index in [0.29, 0.717) is 18.8 Å².